The number of fused-ring (bicyclic) bond motifs is 1. The van der Waals surface area contributed by atoms with Crippen molar-refractivity contribution in [1.29, 1.82) is 0 Å². The monoisotopic (exact) mass is 229 g/mol. The highest BCUT2D eigenvalue weighted by molar-refractivity contribution is 6.04. The van der Waals surface area contributed by atoms with Crippen LogP contribution in [0.4, 0.5) is 19.1 Å². The van der Waals surface area contributed by atoms with Crippen LogP contribution in [-0.2, 0) is 0 Å². The number of imidazole rings is 1. The van der Waals surface area contributed by atoms with Crippen molar-refractivity contribution in [1.82, 2.24) is 9.38 Å². The highest BCUT2D eigenvalue weighted by Crippen LogP contribution is 2.24. The fraction of sp³-hybridized carbons (Fsp3) is 0.111. The van der Waals surface area contributed by atoms with E-state index in [2.05, 4.69) is 4.98 Å². The van der Waals surface area contributed by atoms with Gasteiger partial charge in [-0.05, 0) is 12.1 Å². The average Bonchev–Trinajstić information content (AvgIpc) is 2.55. The predicted molar refractivity (Wildman–Crippen MR) is 50.0 cm³/mol. The van der Waals surface area contributed by atoms with Gasteiger partial charge in [0.2, 0.25) is 5.95 Å². The Hall–Kier alpha value is -2.05. The molecule has 0 aliphatic heterocycles. The van der Waals surface area contributed by atoms with E-state index in [9.17, 15) is 18.0 Å². The Morgan fingerprint density at radius 3 is 2.69 bits per heavy atom. The van der Waals surface area contributed by atoms with Gasteiger partial charge in [0, 0.05) is 6.20 Å². The maximum absolute atomic E-state index is 12.2. The zero-order chi connectivity index (χ0) is 11.9. The molecule has 0 fully saturated rings. The molecule has 0 unspecified atom stereocenters. The number of aromatic nitrogens is 2. The Morgan fingerprint density at radius 2 is 2.06 bits per heavy atom. The van der Waals surface area contributed by atoms with E-state index in [1.807, 2.05) is 0 Å². The van der Waals surface area contributed by atoms with Crippen LogP contribution >= 0.6 is 0 Å². The van der Waals surface area contributed by atoms with Gasteiger partial charge in [-0.1, -0.05) is 6.07 Å². The molecule has 2 N–H and O–H groups in total. The number of pyridine rings is 1. The van der Waals surface area contributed by atoms with E-state index in [0.29, 0.717) is 0 Å². The number of ketones is 1. The summed E-state index contributed by atoms with van der Waals surface area (Å²) in [6, 6.07) is 4.43. The van der Waals surface area contributed by atoms with Gasteiger partial charge in [0.25, 0.3) is 5.78 Å². The number of Topliss-reactive ketones (excluding diaryl/α,β-unsaturated/α-hetero) is 1. The minimum atomic E-state index is -4.95. The lowest BCUT2D eigenvalue weighted by molar-refractivity contribution is -0.0886. The molecule has 0 bridgehead atoms. The molecule has 0 saturated carbocycles. The molecule has 0 saturated heterocycles. The minimum Gasteiger partial charge on any atom is -0.369 e. The van der Waals surface area contributed by atoms with E-state index in [-0.39, 0.29) is 11.5 Å². The number of halogens is 3. The minimum absolute atomic E-state index is 0.0438. The first-order valence-electron chi connectivity index (χ1n) is 4.25. The van der Waals surface area contributed by atoms with Crippen molar-refractivity contribution in [3.8, 4) is 0 Å². The number of hydrogen-bond donors (Lipinski definition) is 1. The van der Waals surface area contributed by atoms with Crippen LogP contribution in [0.25, 0.3) is 5.52 Å². The molecule has 16 heavy (non-hydrogen) atoms. The summed E-state index contributed by atoms with van der Waals surface area (Å²) in [7, 11) is 0. The second-order valence-electron chi connectivity index (χ2n) is 3.10. The Morgan fingerprint density at radius 1 is 1.38 bits per heavy atom. The summed E-state index contributed by atoms with van der Waals surface area (Å²) < 4.78 is 37.9. The predicted octanol–water partition coefficient (Wildman–Crippen LogP) is 1.66. The SMILES string of the molecule is Nc1nc(C(=O)C(F)(F)F)c2ccccn12. The molecule has 2 heterocycles. The summed E-state index contributed by atoms with van der Waals surface area (Å²) in [4.78, 5) is 14.5. The van der Waals surface area contributed by atoms with Crippen LogP contribution in [0.5, 0.6) is 0 Å². The third-order valence-electron chi connectivity index (χ3n) is 2.05. The molecule has 2 aromatic heterocycles. The maximum atomic E-state index is 12.2. The number of nitrogen functional groups attached to an aromatic ring is 1. The second-order valence-corrected chi connectivity index (χ2v) is 3.10. The third kappa shape index (κ3) is 1.50. The van der Waals surface area contributed by atoms with Gasteiger partial charge < -0.3 is 5.73 Å². The van der Waals surface area contributed by atoms with Gasteiger partial charge in [-0.25, -0.2) is 4.98 Å². The van der Waals surface area contributed by atoms with Crippen molar-refractivity contribution in [2.75, 3.05) is 5.73 Å². The van der Waals surface area contributed by atoms with Crippen LogP contribution in [0, 0.1) is 0 Å². The lowest BCUT2D eigenvalue weighted by Crippen LogP contribution is -2.23. The fourth-order valence-electron chi connectivity index (χ4n) is 1.36. The molecule has 0 radical (unpaired) electrons. The van der Waals surface area contributed by atoms with E-state index >= 15 is 0 Å². The summed E-state index contributed by atoms with van der Waals surface area (Å²) in [6.45, 7) is 0. The molecule has 2 rings (SSSR count). The normalized spacial score (nSPS) is 11.9. The van der Waals surface area contributed by atoms with Crippen molar-refractivity contribution >= 4 is 17.2 Å². The zero-order valence-electron chi connectivity index (χ0n) is 7.82. The van der Waals surface area contributed by atoms with E-state index in [0.717, 1.165) is 0 Å². The summed E-state index contributed by atoms with van der Waals surface area (Å²) in [5.41, 5.74) is 4.76. The van der Waals surface area contributed by atoms with E-state index in [1.165, 1.54) is 22.7 Å². The molecule has 4 nitrogen and oxygen atoms in total. The van der Waals surface area contributed by atoms with E-state index in [4.69, 9.17) is 5.73 Å². The first-order valence-corrected chi connectivity index (χ1v) is 4.25. The number of hydrogen-bond acceptors (Lipinski definition) is 3. The molecular weight excluding hydrogens is 223 g/mol. The van der Waals surface area contributed by atoms with E-state index in [1.54, 1.807) is 6.07 Å². The molecule has 7 heteroatoms. The molecular formula is C9H6F3N3O. The van der Waals surface area contributed by atoms with Crippen molar-refractivity contribution in [3.05, 3.63) is 30.1 Å². The van der Waals surface area contributed by atoms with Crippen molar-refractivity contribution < 1.29 is 18.0 Å². The highest BCUT2D eigenvalue weighted by Gasteiger charge is 2.41. The Bertz CT molecular complexity index is 559. The second kappa shape index (κ2) is 3.22. The summed E-state index contributed by atoms with van der Waals surface area (Å²) in [5.74, 6) is -2.14. The number of nitrogens with two attached hydrogens (primary N) is 1. The average molecular weight is 229 g/mol. The molecule has 2 aromatic rings. The van der Waals surface area contributed by atoms with Gasteiger partial charge in [0.1, 0.15) is 5.69 Å². The first kappa shape index (κ1) is 10.5. The molecule has 0 atom stereocenters. The molecule has 0 aliphatic carbocycles. The van der Waals surface area contributed by atoms with Gasteiger partial charge in [-0.15, -0.1) is 0 Å². The van der Waals surface area contributed by atoms with Gasteiger partial charge in [-0.3, -0.25) is 9.20 Å². The lowest BCUT2D eigenvalue weighted by atomic mass is 10.2. The molecule has 84 valence electrons. The number of rotatable bonds is 1. The molecule has 0 aromatic carbocycles. The summed E-state index contributed by atoms with van der Waals surface area (Å²) in [6.07, 6.45) is -3.51. The number of alkyl halides is 3. The number of nitrogens with zero attached hydrogens (tertiary/aromatic N) is 2. The summed E-state index contributed by atoms with van der Waals surface area (Å²) in [5, 5.41) is 0. The highest BCUT2D eigenvalue weighted by atomic mass is 19.4. The summed E-state index contributed by atoms with van der Waals surface area (Å²) >= 11 is 0. The largest absolute Gasteiger partial charge is 0.456 e. The van der Waals surface area contributed by atoms with Gasteiger partial charge >= 0.3 is 6.18 Å². The maximum Gasteiger partial charge on any atom is 0.456 e. The van der Waals surface area contributed by atoms with E-state index < -0.39 is 17.7 Å². The van der Waals surface area contributed by atoms with Gasteiger partial charge in [-0.2, -0.15) is 13.2 Å². The van der Waals surface area contributed by atoms with Gasteiger partial charge in [0.15, 0.2) is 0 Å². The number of carbonyl (C=O) groups is 1. The Labute approximate surface area is 87.5 Å². The smallest absolute Gasteiger partial charge is 0.369 e. The van der Waals surface area contributed by atoms with Crippen molar-refractivity contribution in [3.63, 3.8) is 0 Å². The van der Waals surface area contributed by atoms with Crippen LogP contribution < -0.4 is 5.73 Å². The van der Waals surface area contributed by atoms with Crippen LogP contribution in [0.3, 0.4) is 0 Å². The van der Waals surface area contributed by atoms with Crippen molar-refractivity contribution in [2.24, 2.45) is 0 Å². The quantitative estimate of drug-likeness (QED) is 0.756. The molecule has 0 aliphatic rings. The lowest BCUT2D eigenvalue weighted by Gasteiger charge is -2.02. The van der Waals surface area contributed by atoms with Crippen LogP contribution in [0.15, 0.2) is 24.4 Å². The first-order chi connectivity index (χ1) is 7.41. The molecule has 0 spiro atoms. The fourth-order valence-corrected chi connectivity index (χ4v) is 1.36. The molecule has 0 amide bonds. The topological polar surface area (TPSA) is 60.4 Å². The van der Waals surface area contributed by atoms with Crippen molar-refractivity contribution in [2.45, 2.75) is 6.18 Å². The zero-order valence-corrected chi connectivity index (χ0v) is 7.82. The van der Waals surface area contributed by atoms with Crippen LogP contribution in [0.2, 0.25) is 0 Å². The van der Waals surface area contributed by atoms with Crippen LogP contribution in [-0.4, -0.2) is 21.3 Å². The number of anilines is 1. The Balaban J connectivity index is 2.67. The van der Waals surface area contributed by atoms with Gasteiger partial charge in [0.05, 0.1) is 5.52 Å². The number of carbonyl (C=O) groups excluding carboxylic acids is 1. The third-order valence-corrected chi connectivity index (χ3v) is 2.05. The Kier molecular flexibility index (Phi) is 2.11. The standard InChI is InChI=1S/C9H6F3N3O/c10-9(11,12)7(16)6-5-3-1-2-4-15(5)8(13)14-6/h1-4H,(H2,13,14). The van der Waals surface area contributed by atoms with Crippen LogP contribution in [0.1, 0.15) is 10.5 Å².